The molecule has 1 heterocycles. The van der Waals surface area contributed by atoms with Crippen molar-refractivity contribution in [2.24, 2.45) is 0 Å². The molecule has 1 aromatic heterocycles. The van der Waals surface area contributed by atoms with Gasteiger partial charge in [0.25, 0.3) is 0 Å². The standard InChI is InChI=1S/C19H18BrNO2/c1-19(2,3)23-18(22)21-12-16(20)15-11-7-10-14(17(15)21)13-8-5-4-6-9-13/h4-12H,1-3H3. The molecule has 3 rings (SSSR count). The lowest BCUT2D eigenvalue weighted by Gasteiger charge is -2.20. The van der Waals surface area contributed by atoms with E-state index in [1.54, 1.807) is 10.8 Å². The van der Waals surface area contributed by atoms with Crippen LogP contribution in [0.2, 0.25) is 0 Å². The minimum absolute atomic E-state index is 0.378. The second-order valence-electron chi connectivity index (χ2n) is 6.40. The van der Waals surface area contributed by atoms with Crippen LogP contribution >= 0.6 is 15.9 Å². The molecule has 0 saturated carbocycles. The Balaban J connectivity index is 2.22. The molecule has 4 heteroatoms. The molecular weight excluding hydrogens is 354 g/mol. The van der Waals surface area contributed by atoms with Crippen molar-refractivity contribution in [1.29, 1.82) is 0 Å². The van der Waals surface area contributed by atoms with Crippen molar-refractivity contribution >= 4 is 32.9 Å². The van der Waals surface area contributed by atoms with E-state index in [4.69, 9.17) is 4.74 Å². The summed E-state index contributed by atoms with van der Waals surface area (Å²) in [6.45, 7) is 5.59. The van der Waals surface area contributed by atoms with Crippen LogP contribution in [0.3, 0.4) is 0 Å². The van der Waals surface area contributed by atoms with Gasteiger partial charge in [0, 0.05) is 21.6 Å². The second-order valence-corrected chi connectivity index (χ2v) is 7.25. The van der Waals surface area contributed by atoms with Crippen LogP contribution in [0.4, 0.5) is 4.79 Å². The van der Waals surface area contributed by atoms with Crippen LogP contribution < -0.4 is 0 Å². The van der Waals surface area contributed by atoms with E-state index in [0.29, 0.717) is 0 Å². The SMILES string of the molecule is CC(C)(C)OC(=O)n1cc(Br)c2cccc(-c3ccccc3)c21. The topological polar surface area (TPSA) is 31.2 Å². The largest absolute Gasteiger partial charge is 0.443 e. The molecule has 0 aliphatic heterocycles. The number of nitrogens with zero attached hydrogens (tertiary/aromatic N) is 1. The lowest BCUT2D eigenvalue weighted by molar-refractivity contribution is 0.0544. The zero-order valence-corrected chi connectivity index (χ0v) is 14.9. The van der Waals surface area contributed by atoms with Crippen molar-refractivity contribution in [3.63, 3.8) is 0 Å². The van der Waals surface area contributed by atoms with E-state index < -0.39 is 5.60 Å². The summed E-state index contributed by atoms with van der Waals surface area (Å²) in [5, 5.41) is 0.984. The van der Waals surface area contributed by atoms with Crippen molar-refractivity contribution in [1.82, 2.24) is 4.57 Å². The van der Waals surface area contributed by atoms with Gasteiger partial charge in [-0.3, -0.25) is 4.57 Å². The maximum atomic E-state index is 12.6. The first-order chi connectivity index (χ1) is 10.9. The molecule has 0 spiro atoms. The van der Waals surface area contributed by atoms with Gasteiger partial charge < -0.3 is 4.74 Å². The van der Waals surface area contributed by atoms with E-state index in [0.717, 1.165) is 26.5 Å². The minimum atomic E-state index is -0.540. The van der Waals surface area contributed by atoms with Crippen molar-refractivity contribution in [3.8, 4) is 11.1 Å². The molecule has 0 saturated heterocycles. The number of carbonyl (C=O) groups excluding carboxylic acids is 1. The van der Waals surface area contributed by atoms with Gasteiger partial charge in [-0.2, -0.15) is 0 Å². The average Bonchev–Trinajstić information content (AvgIpc) is 2.84. The molecule has 0 unspecified atom stereocenters. The highest BCUT2D eigenvalue weighted by Gasteiger charge is 2.22. The van der Waals surface area contributed by atoms with Gasteiger partial charge in [-0.25, -0.2) is 4.79 Å². The predicted molar refractivity (Wildman–Crippen MR) is 96.7 cm³/mol. The van der Waals surface area contributed by atoms with Crippen LogP contribution in [0.15, 0.2) is 59.2 Å². The third-order valence-electron chi connectivity index (χ3n) is 3.45. The Morgan fingerprint density at radius 1 is 1.04 bits per heavy atom. The molecule has 0 bridgehead atoms. The molecule has 0 aliphatic rings. The normalized spacial score (nSPS) is 11.7. The monoisotopic (exact) mass is 371 g/mol. The van der Waals surface area contributed by atoms with Crippen molar-refractivity contribution < 1.29 is 9.53 Å². The molecule has 0 aliphatic carbocycles. The Morgan fingerprint density at radius 2 is 1.74 bits per heavy atom. The van der Waals surface area contributed by atoms with Gasteiger partial charge in [0.05, 0.1) is 5.52 Å². The summed E-state index contributed by atoms with van der Waals surface area (Å²) in [4.78, 5) is 12.6. The molecule has 0 amide bonds. The minimum Gasteiger partial charge on any atom is -0.443 e. The maximum absolute atomic E-state index is 12.6. The smallest absolute Gasteiger partial charge is 0.419 e. The fourth-order valence-corrected chi connectivity index (χ4v) is 3.07. The molecule has 118 valence electrons. The number of hydrogen-bond donors (Lipinski definition) is 0. The molecule has 0 atom stereocenters. The van der Waals surface area contributed by atoms with Gasteiger partial charge in [-0.15, -0.1) is 0 Å². The van der Waals surface area contributed by atoms with E-state index >= 15 is 0 Å². The van der Waals surface area contributed by atoms with E-state index in [1.165, 1.54) is 0 Å². The first-order valence-corrected chi connectivity index (χ1v) is 8.24. The molecule has 0 fully saturated rings. The predicted octanol–water partition coefficient (Wildman–Crippen LogP) is 5.85. The summed E-state index contributed by atoms with van der Waals surface area (Å²) >= 11 is 3.54. The molecule has 23 heavy (non-hydrogen) atoms. The zero-order valence-electron chi connectivity index (χ0n) is 13.3. The highest BCUT2D eigenvalue weighted by molar-refractivity contribution is 9.10. The van der Waals surface area contributed by atoms with Crippen LogP contribution in [0, 0.1) is 0 Å². The van der Waals surface area contributed by atoms with Gasteiger partial charge in [0.2, 0.25) is 0 Å². The van der Waals surface area contributed by atoms with E-state index in [9.17, 15) is 4.79 Å². The summed E-state index contributed by atoms with van der Waals surface area (Å²) in [6, 6.07) is 16.0. The number of benzene rings is 2. The lowest BCUT2D eigenvalue weighted by Crippen LogP contribution is -2.26. The summed E-state index contributed by atoms with van der Waals surface area (Å²) in [6.07, 6.45) is 1.39. The van der Waals surface area contributed by atoms with Gasteiger partial charge >= 0.3 is 6.09 Å². The number of hydrogen-bond acceptors (Lipinski definition) is 2. The fraction of sp³-hybridized carbons (Fsp3) is 0.211. The van der Waals surface area contributed by atoms with Crippen LogP contribution in [0.1, 0.15) is 20.8 Å². The first kappa shape index (κ1) is 15.8. The molecule has 3 nitrogen and oxygen atoms in total. The van der Waals surface area contributed by atoms with E-state index in [1.807, 2.05) is 69.3 Å². The van der Waals surface area contributed by atoms with E-state index in [-0.39, 0.29) is 6.09 Å². The molecule has 3 aromatic rings. The quantitative estimate of drug-likeness (QED) is 0.536. The van der Waals surface area contributed by atoms with Gasteiger partial charge in [0.1, 0.15) is 5.60 Å². The van der Waals surface area contributed by atoms with Gasteiger partial charge in [0.15, 0.2) is 0 Å². The Hall–Kier alpha value is -2.07. The van der Waals surface area contributed by atoms with Crippen molar-refractivity contribution in [2.45, 2.75) is 26.4 Å². The lowest BCUT2D eigenvalue weighted by atomic mass is 10.0. The highest BCUT2D eigenvalue weighted by Crippen LogP contribution is 2.34. The molecular formula is C19H18BrNO2. The number of carbonyl (C=O) groups is 1. The summed E-state index contributed by atoms with van der Waals surface area (Å²) in [7, 11) is 0. The third kappa shape index (κ3) is 3.17. The molecule has 2 aromatic carbocycles. The first-order valence-electron chi connectivity index (χ1n) is 7.45. The number of fused-ring (bicyclic) bond motifs is 1. The van der Waals surface area contributed by atoms with Crippen molar-refractivity contribution in [2.75, 3.05) is 0 Å². The van der Waals surface area contributed by atoms with E-state index in [2.05, 4.69) is 15.9 Å². The molecule has 0 N–H and O–H groups in total. The Morgan fingerprint density at radius 3 is 2.39 bits per heavy atom. The van der Waals surface area contributed by atoms with Crippen LogP contribution in [-0.2, 0) is 4.74 Å². The molecule has 0 radical (unpaired) electrons. The van der Waals surface area contributed by atoms with Crippen LogP contribution in [-0.4, -0.2) is 16.3 Å². The number of aromatic nitrogens is 1. The fourth-order valence-electron chi connectivity index (χ4n) is 2.55. The Labute approximate surface area is 144 Å². The van der Waals surface area contributed by atoms with Crippen molar-refractivity contribution in [3.05, 3.63) is 59.2 Å². The van der Waals surface area contributed by atoms with Crippen LogP contribution in [0.25, 0.3) is 22.0 Å². The summed E-state index contributed by atoms with van der Waals surface area (Å²) < 4.78 is 7.99. The van der Waals surface area contributed by atoms with Gasteiger partial charge in [-0.1, -0.05) is 48.5 Å². The Kier molecular flexibility index (Phi) is 4.02. The van der Waals surface area contributed by atoms with Gasteiger partial charge in [-0.05, 0) is 42.3 Å². The van der Waals surface area contributed by atoms with Crippen LogP contribution in [0.5, 0.6) is 0 Å². The maximum Gasteiger partial charge on any atom is 0.419 e. The summed E-state index contributed by atoms with van der Waals surface area (Å²) in [5.41, 5.74) is 2.37. The zero-order chi connectivity index (χ0) is 16.6. The number of ether oxygens (including phenoxy) is 1. The number of para-hydroxylation sites is 1. The summed E-state index contributed by atoms with van der Waals surface area (Å²) in [5.74, 6) is 0. The highest BCUT2D eigenvalue weighted by atomic mass is 79.9. The number of rotatable bonds is 1. The number of halogens is 1. The Bertz CT molecular complexity index is 860. The average molecular weight is 372 g/mol. The second kappa shape index (κ2) is 5.85. The third-order valence-corrected chi connectivity index (χ3v) is 4.08.